The summed E-state index contributed by atoms with van der Waals surface area (Å²) in [5.74, 6) is 0.545. The van der Waals surface area contributed by atoms with Gasteiger partial charge in [-0.2, -0.15) is 0 Å². The molecule has 2 aliphatic heterocycles. The highest BCUT2D eigenvalue weighted by atomic mass is 16.7. The maximum absolute atomic E-state index is 12.9. The molecular formula is C18H24N4O4. The van der Waals surface area contributed by atoms with Crippen LogP contribution < -0.4 is 0 Å². The van der Waals surface area contributed by atoms with Crippen molar-refractivity contribution in [2.75, 3.05) is 32.8 Å². The number of hydrogen-bond acceptors (Lipinski definition) is 4. The van der Waals surface area contributed by atoms with Gasteiger partial charge in [0.05, 0.1) is 6.61 Å². The smallest absolute Gasteiger partial charge is 0.281 e. The molecule has 0 aliphatic carbocycles. The summed E-state index contributed by atoms with van der Waals surface area (Å²) in [4.78, 5) is 27.2. The number of amides is 1. The summed E-state index contributed by atoms with van der Waals surface area (Å²) in [7, 11) is 0. The first-order chi connectivity index (χ1) is 12.5. The second-order valence-corrected chi connectivity index (χ2v) is 6.87. The van der Waals surface area contributed by atoms with Crippen LogP contribution in [0.1, 0.15) is 29.8 Å². The summed E-state index contributed by atoms with van der Waals surface area (Å²) in [6.07, 6.45) is 0.822. The maximum Gasteiger partial charge on any atom is 0.281 e. The van der Waals surface area contributed by atoms with E-state index in [-0.39, 0.29) is 17.8 Å². The van der Waals surface area contributed by atoms with E-state index in [1.807, 2.05) is 30.0 Å². The Morgan fingerprint density at radius 2 is 2.19 bits per heavy atom. The first-order valence-electron chi connectivity index (χ1n) is 8.96. The highest BCUT2D eigenvalue weighted by Gasteiger charge is 2.37. The molecule has 0 aromatic heterocycles. The maximum atomic E-state index is 12.9. The molecule has 3 rings (SSSR count). The van der Waals surface area contributed by atoms with Gasteiger partial charge in [-0.1, -0.05) is 26.0 Å². The number of hydrogen-bond donors (Lipinski definition) is 0. The lowest BCUT2D eigenvalue weighted by Crippen LogP contribution is -2.41. The van der Waals surface area contributed by atoms with Crippen molar-refractivity contribution >= 4 is 11.9 Å². The number of aryl methyl sites for hydroxylation is 1. The average molecular weight is 360 g/mol. The molecule has 8 nitrogen and oxygen atoms in total. The van der Waals surface area contributed by atoms with Crippen molar-refractivity contribution in [2.24, 2.45) is 16.9 Å². The number of rotatable bonds is 5. The van der Waals surface area contributed by atoms with Crippen molar-refractivity contribution in [1.29, 1.82) is 0 Å². The average Bonchev–Trinajstić information content (AvgIpc) is 3.21. The van der Waals surface area contributed by atoms with Crippen molar-refractivity contribution in [3.63, 3.8) is 0 Å². The minimum Gasteiger partial charge on any atom is -0.381 e. The molecule has 2 heterocycles. The Bertz CT molecular complexity index is 721. The summed E-state index contributed by atoms with van der Waals surface area (Å²) in [6, 6.07) is 7.37. The zero-order chi connectivity index (χ0) is 18.7. The summed E-state index contributed by atoms with van der Waals surface area (Å²) in [5, 5.41) is 13.8. The van der Waals surface area contributed by atoms with E-state index in [4.69, 9.17) is 4.74 Å². The fourth-order valence-corrected chi connectivity index (χ4v) is 3.45. The molecule has 2 aliphatic rings. The van der Waals surface area contributed by atoms with Gasteiger partial charge in [0.2, 0.25) is 0 Å². The third-order valence-electron chi connectivity index (χ3n) is 5.09. The number of benzene rings is 1. The normalized spacial score (nSPS) is 24.5. The molecule has 2 saturated heterocycles. The molecule has 1 aromatic rings. The quantitative estimate of drug-likeness (QED) is 0.590. The molecule has 0 bridgehead atoms. The number of nitrogens with zero attached hydrogens (tertiary/aromatic N) is 4. The van der Waals surface area contributed by atoms with Crippen molar-refractivity contribution in [1.82, 2.24) is 9.80 Å². The minimum absolute atomic E-state index is 0.126. The number of carbonyl (C=O) groups excluding carboxylic acids is 1. The lowest BCUT2D eigenvalue weighted by atomic mass is 9.98. The standard InChI is InChI=1S/C18H24N4O4/c1-3-14-5-4-6-15(9-14)17(23)21-8-7-20(18(21)19-22(24)25)10-16-12-26-11-13(16)2/h4-6,9,13,16H,3,7-8,10-12H2,1-2H3. The van der Waals surface area contributed by atoms with Gasteiger partial charge in [-0.3, -0.25) is 9.69 Å². The minimum atomic E-state index is -0.731. The van der Waals surface area contributed by atoms with Crippen molar-refractivity contribution in [3.8, 4) is 0 Å². The third-order valence-corrected chi connectivity index (χ3v) is 5.09. The fourth-order valence-electron chi connectivity index (χ4n) is 3.45. The number of ether oxygens (including phenoxy) is 1. The largest absolute Gasteiger partial charge is 0.381 e. The topological polar surface area (TPSA) is 88.3 Å². The van der Waals surface area contributed by atoms with E-state index in [0.717, 1.165) is 12.0 Å². The Labute approximate surface area is 152 Å². The number of guanidine groups is 1. The summed E-state index contributed by atoms with van der Waals surface area (Å²) in [6.45, 7) is 7.00. The van der Waals surface area contributed by atoms with Crippen LogP contribution >= 0.6 is 0 Å². The van der Waals surface area contributed by atoms with Crippen LogP contribution in [-0.2, 0) is 11.2 Å². The Morgan fingerprint density at radius 1 is 1.38 bits per heavy atom. The van der Waals surface area contributed by atoms with Crippen molar-refractivity contribution < 1.29 is 14.6 Å². The van der Waals surface area contributed by atoms with Gasteiger partial charge in [-0.05, 0) is 30.0 Å². The molecule has 2 unspecified atom stereocenters. The van der Waals surface area contributed by atoms with Crippen molar-refractivity contribution in [2.45, 2.75) is 20.3 Å². The molecular weight excluding hydrogens is 336 g/mol. The van der Waals surface area contributed by atoms with Crippen LogP contribution in [0.25, 0.3) is 0 Å². The molecule has 0 spiro atoms. The zero-order valence-corrected chi connectivity index (χ0v) is 15.1. The van der Waals surface area contributed by atoms with E-state index in [0.29, 0.717) is 44.3 Å². The highest BCUT2D eigenvalue weighted by Crippen LogP contribution is 2.24. The highest BCUT2D eigenvalue weighted by molar-refractivity contribution is 6.06. The van der Waals surface area contributed by atoms with Crippen LogP contribution in [0.4, 0.5) is 0 Å². The molecule has 2 fully saturated rings. The predicted molar refractivity (Wildman–Crippen MR) is 96.3 cm³/mol. The van der Waals surface area contributed by atoms with E-state index in [9.17, 15) is 14.9 Å². The first kappa shape index (κ1) is 18.3. The predicted octanol–water partition coefficient (Wildman–Crippen LogP) is 1.84. The van der Waals surface area contributed by atoms with E-state index in [1.54, 1.807) is 6.07 Å². The summed E-state index contributed by atoms with van der Waals surface area (Å²) >= 11 is 0. The Kier molecular flexibility index (Phi) is 5.51. The molecule has 1 amide bonds. The first-order valence-corrected chi connectivity index (χ1v) is 8.96. The van der Waals surface area contributed by atoms with Gasteiger partial charge in [0.25, 0.3) is 11.9 Å². The van der Waals surface area contributed by atoms with Gasteiger partial charge in [0.1, 0.15) is 5.10 Å². The van der Waals surface area contributed by atoms with E-state index in [2.05, 4.69) is 12.0 Å². The monoisotopic (exact) mass is 360 g/mol. The number of nitro groups is 1. The lowest BCUT2D eigenvalue weighted by molar-refractivity contribution is -0.486. The van der Waals surface area contributed by atoms with Crippen LogP contribution in [-0.4, -0.2) is 59.5 Å². The molecule has 2 atom stereocenters. The van der Waals surface area contributed by atoms with Crippen LogP contribution in [0.3, 0.4) is 0 Å². The Morgan fingerprint density at radius 3 is 2.85 bits per heavy atom. The van der Waals surface area contributed by atoms with Gasteiger partial charge >= 0.3 is 0 Å². The van der Waals surface area contributed by atoms with Crippen LogP contribution in [0.15, 0.2) is 29.4 Å². The van der Waals surface area contributed by atoms with E-state index >= 15 is 0 Å². The molecule has 8 heteroatoms. The Balaban J connectivity index is 1.81. The van der Waals surface area contributed by atoms with Crippen molar-refractivity contribution in [3.05, 3.63) is 45.5 Å². The zero-order valence-electron chi connectivity index (χ0n) is 15.1. The molecule has 1 aromatic carbocycles. The number of hydrazone groups is 1. The molecule has 0 saturated carbocycles. The van der Waals surface area contributed by atoms with Crippen LogP contribution in [0.5, 0.6) is 0 Å². The SMILES string of the molecule is CCc1cccc(C(=O)N2CCN(CC3COCC3C)C2=N[N+](=O)[O-])c1. The molecule has 140 valence electrons. The molecule has 26 heavy (non-hydrogen) atoms. The second-order valence-electron chi connectivity index (χ2n) is 6.87. The van der Waals surface area contributed by atoms with Gasteiger partial charge in [0.15, 0.2) is 5.03 Å². The van der Waals surface area contributed by atoms with Gasteiger partial charge in [0, 0.05) is 37.7 Å². The lowest BCUT2D eigenvalue weighted by Gasteiger charge is -2.23. The van der Waals surface area contributed by atoms with E-state index < -0.39 is 5.03 Å². The second kappa shape index (κ2) is 7.82. The van der Waals surface area contributed by atoms with Gasteiger partial charge in [-0.25, -0.2) is 10.1 Å². The summed E-state index contributed by atoms with van der Waals surface area (Å²) in [5.41, 5.74) is 1.58. The Hall–Kier alpha value is -2.48. The van der Waals surface area contributed by atoms with Gasteiger partial charge < -0.3 is 9.64 Å². The third kappa shape index (κ3) is 3.85. The van der Waals surface area contributed by atoms with Crippen LogP contribution in [0, 0.1) is 22.0 Å². The van der Waals surface area contributed by atoms with Crippen LogP contribution in [0.2, 0.25) is 0 Å². The molecule has 0 N–H and O–H groups in total. The van der Waals surface area contributed by atoms with Gasteiger partial charge in [-0.15, -0.1) is 0 Å². The number of carbonyl (C=O) groups is 1. The summed E-state index contributed by atoms with van der Waals surface area (Å²) < 4.78 is 5.48. The fraction of sp³-hybridized carbons (Fsp3) is 0.556. The van der Waals surface area contributed by atoms with E-state index in [1.165, 1.54) is 4.90 Å². The molecule has 0 radical (unpaired) electrons.